The van der Waals surface area contributed by atoms with E-state index in [4.69, 9.17) is 0 Å². The van der Waals surface area contributed by atoms with Gasteiger partial charge in [-0.05, 0) is 51.0 Å². The Morgan fingerprint density at radius 1 is 0.737 bits per heavy atom. The van der Waals surface area contributed by atoms with Crippen molar-refractivity contribution in [3.05, 3.63) is 63.4 Å². The molecule has 2 aromatic rings. The second-order valence-electron chi connectivity index (χ2n) is 5.04. The van der Waals surface area contributed by atoms with Gasteiger partial charge in [-0.3, -0.25) is 4.98 Å². The van der Waals surface area contributed by atoms with Crippen LogP contribution in [0.1, 0.15) is 33.9 Å². The Kier molecular flexibility index (Phi) is 5.04. The molecule has 0 aliphatic heterocycles. The first-order chi connectivity index (χ1) is 8.79. The molecule has 0 amide bonds. The molecule has 3 nitrogen and oxygen atoms in total. The largest absolute Gasteiger partial charge is 0.618 e. The Bertz CT molecular complexity index is 503. The smallest absolute Gasteiger partial charge is 0.190 e. The summed E-state index contributed by atoms with van der Waals surface area (Å²) in [7, 11) is 0. The summed E-state index contributed by atoms with van der Waals surface area (Å²) in [6.45, 7) is 11.7. The van der Waals surface area contributed by atoms with Gasteiger partial charge < -0.3 is 5.21 Å². The van der Waals surface area contributed by atoms with E-state index in [1.54, 1.807) is 0 Å². The van der Waals surface area contributed by atoms with Gasteiger partial charge in [-0.15, -0.1) is 0 Å². The molecule has 3 heteroatoms. The van der Waals surface area contributed by atoms with E-state index < -0.39 is 0 Å². The maximum Gasteiger partial charge on any atom is 0.190 e. The van der Waals surface area contributed by atoms with Gasteiger partial charge in [0.15, 0.2) is 11.4 Å². The van der Waals surface area contributed by atoms with Crippen molar-refractivity contribution in [3.63, 3.8) is 0 Å². The first-order valence-corrected chi connectivity index (χ1v) is 6.39. The summed E-state index contributed by atoms with van der Waals surface area (Å²) < 4.78 is 0.938. The second-order valence-corrected chi connectivity index (χ2v) is 5.04. The predicted octanol–water partition coefficient (Wildman–Crippen LogP) is 3.25. The maximum atomic E-state index is 11.0. The lowest BCUT2D eigenvalue weighted by molar-refractivity contribution is -0.619. The minimum atomic E-state index is 0.762. The minimum Gasteiger partial charge on any atom is -0.618 e. The molecule has 2 rings (SSSR count). The summed E-state index contributed by atoms with van der Waals surface area (Å²) >= 11 is 0. The lowest BCUT2D eigenvalue weighted by Crippen LogP contribution is -2.33. The lowest BCUT2D eigenvalue weighted by atomic mass is 10.2. The molecule has 0 fully saturated rings. The number of pyridine rings is 2. The quantitative estimate of drug-likeness (QED) is 0.537. The molecule has 0 spiro atoms. The zero-order valence-corrected chi connectivity index (χ0v) is 12.6. The average molecular weight is 258 g/mol. The topological polar surface area (TPSA) is 39.8 Å². The Labute approximate surface area is 115 Å². The molecule has 2 heterocycles. The molecule has 0 saturated carbocycles. The number of aromatic nitrogens is 2. The lowest BCUT2D eigenvalue weighted by Gasteiger charge is -2.03. The van der Waals surface area contributed by atoms with Crippen molar-refractivity contribution in [3.8, 4) is 0 Å². The summed E-state index contributed by atoms with van der Waals surface area (Å²) in [5, 5.41) is 11.0. The molecule has 0 bridgehead atoms. The standard InChI is InChI=1S/C8H11NO.C8H11N/c1-6-4-7(2)9(10)8(3)5-6;1-6-4-7(2)9-8(3)5-6/h4-5H,1-3H3;4-5H,1-3H3. The van der Waals surface area contributed by atoms with Gasteiger partial charge in [-0.2, -0.15) is 4.73 Å². The normalized spacial score (nSPS) is 9.79. The SMILES string of the molecule is Cc1cc(C)[n+]([O-])c(C)c1.Cc1cc(C)nc(C)c1. The van der Waals surface area contributed by atoms with E-state index in [0.717, 1.165) is 33.1 Å². The van der Waals surface area contributed by atoms with E-state index in [-0.39, 0.29) is 0 Å². The highest BCUT2D eigenvalue weighted by Gasteiger charge is 2.02. The Balaban J connectivity index is 0.000000191. The fourth-order valence-corrected chi connectivity index (χ4v) is 2.14. The van der Waals surface area contributed by atoms with Crippen LogP contribution in [-0.2, 0) is 0 Å². The zero-order chi connectivity index (χ0) is 14.6. The average Bonchev–Trinajstić information content (AvgIpc) is 2.24. The van der Waals surface area contributed by atoms with Gasteiger partial charge in [0.25, 0.3) is 0 Å². The number of nitrogens with zero attached hydrogens (tertiary/aromatic N) is 2. The van der Waals surface area contributed by atoms with Crippen LogP contribution < -0.4 is 4.73 Å². The molecule has 102 valence electrons. The molecular weight excluding hydrogens is 236 g/mol. The number of hydrogen-bond donors (Lipinski definition) is 0. The number of aryl methyl sites for hydroxylation is 6. The summed E-state index contributed by atoms with van der Waals surface area (Å²) in [6, 6.07) is 7.90. The molecule has 0 aliphatic rings. The Morgan fingerprint density at radius 2 is 1.11 bits per heavy atom. The summed E-state index contributed by atoms with van der Waals surface area (Å²) in [5.74, 6) is 0. The van der Waals surface area contributed by atoms with E-state index in [1.165, 1.54) is 5.56 Å². The van der Waals surface area contributed by atoms with Crippen molar-refractivity contribution in [2.24, 2.45) is 0 Å². The van der Waals surface area contributed by atoms with Crippen LogP contribution in [0, 0.1) is 46.7 Å². The molecule has 0 aromatic carbocycles. The monoisotopic (exact) mass is 258 g/mol. The molecular formula is C16H22N2O. The van der Waals surface area contributed by atoms with Crippen molar-refractivity contribution in [1.29, 1.82) is 0 Å². The van der Waals surface area contributed by atoms with Gasteiger partial charge >= 0.3 is 0 Å². The maximum absolute atomic E-state index is 11.0. The molecule has 0 unspecified atom stereocenters. The first kappa shape index (κ1) is 15.2. The molecule has 0 saturated heterocycles. The first-order valence-electron chi connectivity index (χ1n) is 6.39. The third-order valence-electron chi connectivity index (χ3n) is 2.74. The van der Waals surface area contributed by atoms with Crippen LogP contribution in [0.3, 0.4) is 0 Å². The molecule has 2 aromatic heterocycles. The van der Waals surface area contributed by atoms with E-state index in [0.29, 0.717) is 0 Å². The number of rotatable bonds is 0. The zero-order valence-electron chi connectivity index (χ0n) is 12.6. The van der Waals surface area contributed by atoms with Crippen LogP contribution in [0.2, 0.25) is 0 Å². The van der Waals surface area contributed by atoms with Crippen LogP contribution in [0.25, 0.3) is 0 Å². The fraction of sp³-hybridized carbons (Fsp3) is 0.375. The predicted molar refractivity (Wildman–Crippen MR) is 78.1 cm³/mol. The summed E-state index contributed by atoms with van der Waals surface area (Å²) in [6.07, 6.45) is 0. The van der Waals surface area contributed by atoms with Gasteiger partial charge in [-0.25, -0.2) is 0 Å². The molecule has 0 radical (unpaired) electrons. The fourth-order valence-electron chi connectivity index (χ4n) is 2.14. The van der Waals surface area contributed by atoms with E-state index in [2.05, 4.69) is 24.0 Å². The highest BCUT2D eigenvalue weighted by molar-refractivity contribution is 5.18. The third kappa shape index (κ3) is 4.70. The van der Waals surface area contributed by atoms with Gasteiger partial charge in [0.05, 0.1) is 0 Å². The van der Waals surface area contributed by atoms with Gasteiger partial charge in [0.1, 0.15) is 0 Å². The van der Waals surface area contributed by atoms with Crippen molar-refractivity contribution < 1.29 is 4.73 Å². The molecule has 0 N–H and O–H groups in total. The van der Waals surface area contributed by atoms with Crippen molar-refractivity contribution in [2.45, 2.75) is 41.5 Å². The molecule has 0 aliphatic carbocycles. The summed E-state index contributed by atoms with van der Waals surface area (Å²) in [4.78, 5) is 4.23. The Hall–Kier alpha value is -1.90. The highest BCUT2D eigenvalue weighted by Crippen LogP contribution is 2.01. The van der Waals surface area contributed by atoms with Gasteiger partial charge in [0.2, 0.25) is 0 Å². The second kappa shape index (κ2) is 6.32. The third-order valence-corrected chi connectivity index (χ3v) is 2.74. The minimum absolute atomic E-state index is 0.762. The number of hydrogen-bond acceptors (Lipinski definition) is 2. The van der Waals surface area contributed by atoms with Crippen LogP contribution in [0.4, 0.5) is 0 Å². The van der Waals surface area contributed by atoms with Crippen LogP contribution in [-0.4, -0.2) is 4.98 Å². The van der Waals surface area contributed by atoms with Crippen LogP contribution in [0.5, 0.6) is 0 Å². The van der Waals surface area contributed by atoms with Crippen LogP contribution in [0.15, 0.2) is 24.3 Å². The van der Waals surface area contributed by atoms with E-state index in [1.807, 2.05) is 46.8 Å². The van der Waals surface area contributed by atoms with Crippen molar-refractivity contribution >= 4 is 0 Å². The Morgan fingerprint density at radius 3 is 1.47 bits per heavy atom. The van der Waals surface area contributed by atoms with Crippen molar-refractivity contribution in [2.75, 3.05) is 0 Å². The van der Waals surface area contributed by atoms with E-state index in [9.17, 15) is 5.21 Å². The van der Waals surface area contributed by atoms with E-state index >= 15 is 0 Å². The van der Waals surface area contributed by atoms with Crippen molar-refractivity contribution in [1.82, 2.24) is 4.98 Å². The summed E-state index contributed by atoms with van der Waals surface area (Å²) in [5.41, 5.74) is 6.16. The highest BCUT2D eigenvalue weighted by atomic mass is 16.5. The van der Waals surface area contributed by atoms with Gasteiger partial charge in [-0.1, -0.05) is 0 Å². The van der Waals surface area contributed by atoms with Gasteiger partial charge in [0, 0.05) is 37.4 Å². The molecule has 19 heavy (non-hydrogen) atoms. The van der Waals surface area contributed by atoms with Crippen LogP contribution >= 0.6 is 0 Å². The molecule has 0 atom stereocenters.